The van der Waals surface area contributed by atoms with Gasteiger partial charge in [0, 0.05) is 25.7 Å². The molecule has 0 aromatic rings. The van der Waals surface area contributed by atoms with Crippen molar-refractivity contribution in [1.82, 2.24) is 0 Å². The molecule has 0 aliphatic rings. The topological polar surface area (TPSA) is 237 Å². The minimum absolute atomic E-state index is 0.109. The van der Waals surface area contributed by atoms with E-state index in [1.165, 1.54) is 321 Å². The molecular weight excluding hydrogens is 1430 g/mol. The molecule has 0 saturated carbocycles. The molecule has 654 valence electrons. The normalized spacial score (nSPS) is 13.7. The van der Waals surface area contributed by atoms with E-state index in [9.17, 15) is 43.2 Å². The monoisotopic (exact) mass is 1610 g/mol. The Morgan fingerprint density at radius 2 is 0.418 bits per heavy atom. The van der Waals surface area contributed by atoms with Gasteiger partial charge < -0.3 is 33.8 Å². The first-order valence-electron chi connectivity index (χ1n) is 47.1. The summed E-state index contributed by atoms with van der Waals surface area (Å²) < 4.78 is 69.1. The lowest BCUT2D eigenvalue weighted by atomic mass is 10.0. The second kappa shape index (κ2) is 83.5. The largest absolute Gasteiger partial charge is 0.472 e. The van der Waals surface area contributed by atoms with Gasteiger partial charge in [0.15, 0.2) is 12.2 Å². The van der Waals surface area contributed by atoms with Crippen LogP contribution in [0.3, 0.4) is 0 Å². The van der Waals surface area contributed by atoms with Gasteiger partial charge in [-0.2, -0.15) is 0 Å². The quantitative estimate of drug-likeness (QED) is 0.0222. The van der Waals surface area contributed by atoms with E-state index >= 15 is 0 Å². The molecule has 2 unspecified atom stereocenters. The fourth-order valence-electron chi connectivity index (χ4n) is 14.4. The Bertz CT molecular complexity index is 2080. The number of carbonyl (C=O) groups is 4. The molecule has 0 rings (SSSR count). The van der Waals surface area contributed by atoms with Gasteiger partial charge >= 0.3 is 39.5 Å². The van der Waals surface area contributed by atoms with Crippen molar-refractivity contribution in [3.8, 4) is 0 Å². The average Bonchev–Trinajstić information content (AvgIpc) is 0.900. The van der Waals surface area contributed by atoms with Crippen molar-refractivity contribution in [3.05, 3.63) is 0 Å². The zero-order valence-corrected chi connectivity index (χ0v) is 74.2. The first-order valence-corrected chi connectivity index (χ1v) is 50.1. The van der Waals surface area contributed by atoms with Crippen LogP contribution in [0.25, 0.3) is 0 Å². The van der Waals surface area contributed by atoms with Crippen LogP contribution in [-0.2, 0) is 65.4 Å². The average molecular weight is 1610 g/mol. The second-order valence-electron chi connectivity index (χ2n) is 33.2. The number of hydrogen-bond acceptors (Lipinski definition) is 15. The van der Waals surface area contributed by atoms with Gasteiger partial charge in [0.1, 0.15) is 19.3 Å². The molecule has 0 amide bonds. The number of unbranched alkanes of at least 4 members (excludes halogenated alkanes) is 63. The van der Waals surface area contributed by atoms with Gasteiger partial charge in [-0.3, -0.25) is 37.3 Å². The molecule has 0 aromatic heterocycles. The molecule has 0 bridgehead atoms. The third-order valence-corrected chi connectivity index (χ3v) is 23.4. The summed E-state index contributed by atoms with van der Waals surface area (Å²) in [5, 5.41) is 10.7. The molecule has 0 aliphatic heterocycles. The van der Waals surface area contributed by atoms with Crippen LogP contribution in [-0.4, -0.2) is 96.7 Å². The standard InChI is InChI=1S/C91H178O17P2/c1-6-9-12-15-18-21-24-26-28-30-32-33-34-36-38-42-46-51-56-61-66-71-76-90(95)108-87(81-102-89(94)75-70-65-60-55-50-45-41-37-35-31-29-27-25-22-19-16-13-10-7-2)83-106-110(99,100)104-79-85(92)78-103-109(97,98)105-82-86(80-101-88(93)74-69-64-59-54-48-23-20-17-14-11-8-3)107-91(96)77-72-67-62-57-52-47-43-39-40-44-49-53-58-63-68-73-84(4)5/h84-87,92H,6-83H2,1-5H3,(H,97,98)(H,99,100)/t85-,86+,87+/m0/s1. The Kier molecular flexibility index (Phi) is 82.1. The summed E-state index contributed by atoms with van der Waals surface area (Å²) >= 11 is 0. The molecule has 0 heterocycles. The number of phosphoric acid groups is 2. The van der Waals surface area contributed by atoms with Crippen LogP contribution in [0, 0.1) is 5.92 Å². The van der Waals surface area contributed by atoms with Crippen molar-refractivity contribution in [3.63, 3.8) is 0 Å². The summed E-state index contributed by atoms with van der Waals surface area (Å²) in [4.78, 5) is 73.4. The van der Waals surface area contributed by atoms with E-state index in [1.54, 1.807) is 0 Å². The van der Waals surface area contributed by atoms with Gasteiger partial charge in [0.05, 0.1) is 26.4 Å². The van der Waals surface area contributed by atoms with Gasteiger partial charge in [-0.05, 0) is 31.6 Å². The lowest BCUT2D eigenvalue weighted by molar-refractivity contribution is -0.161. The molecule has 0 aromatic carbocycles. The smallest absolute Gasteiger partial charge is 0.462 e. The van der Waals surface area contributed by atoms with Crippen LogP contribution >= 0.6 is 15.6 Å². The predicted molar refractivity (Wildman–Crippen MR) is 455 cm³/mol. The summed E-state index contributed by atoms with van der Waals surface area (Å²) in [6, 6.07) is 0. The number of aliphatic hydroxyl groups is 1. The number of ether oxygens (including phenoxy) is 4. The lowest BCUT2D eigenvalue weighted by Gasteiger charge is -2.21. The van der Waals surface area contributed by atoms with Gasteiger partial charge in [-0.25, -0.2) is 9.13 Å². The summed E-state index contributed by atoms with van der Waals surface area (Å²) in [7, 11) is -9.93. The molecule has 17 nitrogen and oxygen atoms in total. The van der Waals surface area contributed by atoms with Crippen molar-refractivity contribution < 1.29 is 80.2 Å². The summed E-state index contributed by atoms with van der Waals surface area (Å²) in [6.07, 6.45) is 79.3. The van der Waals surface area contributed by atoms with E-state index in [-0.39, 0.29) is 25.7 Å². The highest BCUT2D eigenvalue weighted by molar-refractivity contribution is 7.47. The van der Waals surface area contributed by atoms with Crippen molar-refractivity contribution >= 4 is 39.5 Å². The zero-order valence-electron chi connectivity index (χ0n) is 72.4. The molecule has 5 atom stereocenters. The van der Waals surface area contributed by atoms with Gasteiger partial charge in [-0.15, -0.1) is 0 Å². The Morgan fingerprint density at radius 1 is 0.245 bits per heavy atom. The van der Waals surface area contributed by atoms with Crippen molar-refractivity contribution in [2.24, 2.45) is 5.92 Å². The molecule has 0 spiro atoms. The van der Waals surface area contributed by atoms with E-state index in [2.05, 4.69) is 34.6 Å². The highest BCUT2D eigenvalue weighted by Crippen LogP contribution is 2.45. The molecule has 110 heavy (non-hydrogen) atoms. The van der Waals surface area contributed by atoms with Crippen LogP contribution in [0.4, 0.5) is 0 Å². The number of rotatable bonds is 91. The maximum atomic E-state index is 13.2. The number of aliphatic hydroxyl groups excluding tert-OH is 1. The van der Waals surface area contributed by atoms with E-state index in [0.29, 0.717) is 25.7 Å². The lowest BCUT2D eigenvalue weighted by Crippen LogP contribution is -2.30. The van der Waals surface area contributed by atoms with Crippen LogP contribution < -0.4 is 0 Å². The Morgan fingerprint density at radius 3 is 0.618 bits per heavy atom. The van der Waals surface area contributed by atoms with Crippen LogP contribution in [0.2, 0.25) is 0 Å². The molecule has 0 fully saturated rings. The molecule has 0 radical (unpaired) electrons. The highest BCUT2D eigenvalue weighted by atomic mass is 31.2. The fraction of sp³-hybridized carbons (Fsp3) is 0.956. The van der Waals surface area contributed by atoms with Crippen molar-refractivity contribution in [1.29, 1.82) is 0 Å². The number of esters is 4. The first kappa shape index (κ1) is 108. The van der Waals surface area contributed by atoms with E-state index in [4.69, 9.17) is 37.0 Å². The minimum atomic E-state index is -4.97. The summed E-state index contributed by atoms with van der Waals surface area (Å²) in [6.45, 7) is 7.42. The van der Waals surface area contributed by atoms with Crippen LogP contribution in [0.15, 0.2) is 0 Å². The molecule has 3 N–H and O–H groups in total. The fourth-order valence-corrected chi connectivity index (χ4v) is 15.9. The van der Waals surface area contributed by atoms with Gasteiger partial charge in [-0.1, -0.05) is 446 Å². The predicted octanol–water partition coefficient (Wildman–Crippen LogP) is 28.3. The highest BCUT2D eigenvalue weighted by Gasteiger charge is 2.31. The van der Waals surface area contributed by atoms with Crippen molar-refractivity contribution in [2.45, 2.75) is 515 Å². The van der Waals surface area contributed by atoms with E-state index in [1.807, 2.05) is 0 Å². The Labute approximate surface area is 677 Å². The van der Waals surface area contributed by atoms with Crippen LogP contribution in [0.1, 0.15) is 497 Å². The molecular formula is C91H178O17P2. The SMILES string of the molecule is CCCCCCCCCCCCCCCCCCCCCCCCC(=O)O[C@H](COC(=O)CCCCCCCCCCCCCCCCCCCCC)COP(=O)(O)OC[C@@H](O)COP(=O)(O)OC[C@@H](COC(=O)CCCCCCCCCCCCC)OC(=O)CCCCCCCCCCCCCCCCCC(C)C. The van der Waals surface area contributed by atoms with Gasteiger partial charge in [0.25, 0.3) is 0 Å². The van der Waals surface area contributed by atoms with Crippen LogP contribution in [0.5, 0.6) is 0 Å². The van der Waals surface area contributed by atoms with Crippen molar-refractivity contribution in [2.75, 3.05) is 39.6 Å². The Balaban J connectivity index is 5.23. The third-order valence-electron chi connectivity index (χ3n) is 21.5. The molecule has 19 heteroatoms. The van der Waals surface area contributed by atoms with Gasteiger partial charge in [0.2, 0.25) is 0 Å². The first-order chi connectivity index (χ1) is 53.5. The second-order valence-corrected chi connectivity index (χ2v) is 36.1. The minimum Gasteiger partial charge on any atom is -0.462 e. The Hall–Kier alpha value is -1.94. The summed E-state index contributed by atoms with van der Waals surface area (Å²) in [5.41, 5.74) is 0. The third kappa shape index (κ3) is 84.0. The maximum Gasteiger partial charge on any atom is 0.472 e. The maximum absolute atomic E-state index is 13.2. The number of phosphoric ester groups is 2. The number of carbonyl (C=O) groups excluding carboxylic acids is 4. The molecule has 0 saturated heterocycles. The summed E-state index contributed by atoms with van der Waals surface area (Å²) in [5.74, 6) is -1.29. The zero-order chi connectivity index (χ0) is 80.4. The molecule has 0 aliphatic carbocycles. The van der Waals surface area contributed by atoms with E-state index < -0.39 is 97.5 Å². The number of hydrogen-bond donors (Lipinski definition) is 3. The van der Waals surface area contributed by atoms with E-state index in [0.717, 1.165) is 95.8 Å².